The molecular weight excluding hydrogens is 228 g/mol. The van der Waals surface area contributed by atoms with Gasteiger partial charge in [-0.2, -0.15) is 5.10 Å². The van der Waals surface area contributed by atoms with Gasteiger partial charge in [0.1, 0.15) is 10.6 Å². The summed E-state index contributed by atoms with van der Waals surface area (Å²) in [6.45, 7) is 0. The summed E-state index contributed by atoms with van der Waals surface area (Å²) >= 11 is 0. The number of furan rings is 1. The molecule has 0 spiro atoms. The van der Waals surface area contributed by atoms with Gasteiger partial charge in [0.05, 0.1) is 11.6 Å². The van der Waals surface area contributed by atoms with E-state index >= 15 is 0 Å². The third-order valence-electron chi connectivity index (χ3n) is 2.10. The number of aryl methyl sites for hydroxylation is 1. The first-order valence-corrected chi connectivity index (χ1v) is 4.57. The molecule has 0 aliphatic carbocycles. The van der Waals surface area contributed by atoms with Crippen LogP contribution < -0.4 is 5.73 Å². The number of nitrogens with zero attached hydrogens (tertiary/aromatic N) is 3. The van der Waals surface area contributed by atoms with Crippen LogP contribution in [-0.4, -0.2) is 20.6 Å². The highest BCUT2D eigenvalue weighted by atomic mass is 16.6. The molecule has 0 aliphatic rings. The van der Waals surface area contributed by atoms with Crippen LogP contribution in [0.25, 0.3) is 11.5 Å². The van der Waals surface area contributed by atoms with Crippen LogP contribution in [0.5, 0.6) is 0 Å². The van der Waals surface area contributed by atoms with E-state index in [0.717, 1.165) is 0 Å². The number of amides is 1. The van der Waals surface area contributed by atoms with E-state index in [-0.39, 0.29) is 17.0 Å². The van der Waals surface area contributed by atoms with Crippen molar-refractivity contribution in [2.45, 2.75) is 0 Å². The number of carbonyl (C=O) groups is 1. The van der Waals surface area contributed by atoms with Gasteiger partial charge in [0, 0.05) is 13.2 Å². The normalized spacial score (nSPS) is 10.4. The number of nitrogens with two attached hydrogens (primary N) is 1. The van der Waals surface area contributed by atoms with Gasteiger partial charge >= 0.3 is 5.88 Å². The van der Waals surface area contributed by atoms with Crippen LogP contribution in [0.2, 0.25) is 0 Å². The molecular formula is C9H8N4O4. The van der Waals surface area contributed by atoms with Crippen molar-refractivity contribution in [2.24, 2.45) is 12.8 Å². The van der Waals surface area contributed by atoms with Gasteiger partial charge in [-0.3, -0.25) is 19.6 Å². The zero-order chi connectivity index (χ0) is 12.6. The van der Waals surface area contributed by atoms with Crippen molar-refractivity contribution >= 4 is 11.8 Å². The Morgan fingerprint density at radius 2 is 2.29 bits per heavy atom. The summed E-state index contributed by atoms with van der Waals surface area (Å²) in [5, 5.41) is 14.4. The predicted octanol–water partition coefficient (Wildman–Crippen LogP) is 0.687. The van der Waals surface area contributed by atoms with E-state index in [0.29, 0.717) is 0 Å². The molecule has 17 heavy (non-hydrogen) atoms. The molecule has 0 radical (unpaired) electrons. The van der Waals surface area contributed by atoms with E-state index in [2.05, 4.69) is 5.10 Å². The molecule has 2 rings (SSSR count). The lowest BCUT2D eigenvalue weighted by Gasteiger charge is -1.92. The lowest BCUT2D eigenvalue weighted by atomic mass is 10.2. The van der Waals surface area contributed by atoms with Crippen molar-refractivity contribution in [1.82, 2.24) is 9.78 Å². The third-order valence-corrected chi connectivity index (χ3v) is 2.10. The highest BCUT2D eigenvalue weighted by Crippen LogP contribution is 2.27. The predicted molar refractivity (Wildman–Crippen MR) is 56.1 cm³/mol. The van der Waals surface area contributed by atoms with E-state index in [1.807, 2.05) is 0 Å². The summed E-state index contributed by atoms with van der Waals surface area (Å²) in [5.74, 6) is -0.959. The molecule has 2 N–H and O–H groups in total. The number of primary amides is 1. The fourth-order valence-corrected chi connectivity index (χ4v) is 1.40. The standard InChI is InChI=1S/C9H8N4O4/c1-12-4-5(9(10)14)8(11-12)6-2-3-7(17-6)13(15)16/h2-4H,1H3,(H2,10,14). The Bertz CT molecular complexity index is 598. The van der Waals surface area contributed by atoms with Crippen molar-refractivity contribution < 1.29 is 14.1 Å². The van der Waals surface area contributed by atoms with Crippen molar-refractivity contribution in [2.75, 3.05) is 0 Å². The van der Waals surface area contributed by atoms with Gasteiger partial charge in [-0.05, 0) is 6.07 Å². The molecule has 0 unspecified atom stereocenters. The number of nitro groups is 1. The molecule has 8 nitrogen and oxygen atoms in total. The van der Waals surface area contributed by atoms with E-state index in [1.165, 1.54) is 23.0 Å². The molecule has 2 aromatic heterocycles. The van der Waals surface area contributed by atoms with Crippen LogP contribution in [-0.2, 0) is 7.05 Å². The topological polar surface area (TPSA) is 117 Å². The average Bonchev–Trinajstić information content (AvgIpc) is 2.82. The van der Waals surface area contributed by atoms with Gasteiger partial charge in [0.25, 0.3) is 5.91 Å². The second kappa shape index (κ2) is 3.74. The van der Waals surface area contributed by atoms with Gasteiger partial charge in [0.15, 0.2) is 5.76 Å². The molecule has 88 valence electrons. The van der Waals surface area contributed by atoms with Crippen LogP contribution in [0.15, 0.2) is 22.7 Å². The largest absolute Gasteiger partial charge is 0.433 e. The highest BCUT2D eigenvalue weighted by Gasteiger charge is 2.20. The minimum atomic E-state index is -0.674. The molecule has 0 aromatic carbocycles. The fraction of sp³-hybridized carbons (Fsp3) is 0.111. The van der Waals surface area contributed by atoms with Gasteiger partial charge in [-0.25, -0.2) is 0 Å². The Morgan fingerprint density at radius 3 is 2.82 bits per heavy atom. The minimum absolute atomic E-state index is 0.131. The molecule has 2 heterocycles. The second-order valence-corrected chi connectivity index (χ2v) is 3.32. The first kappa shape index (κ1) is 10.9. The summed E-state index contributed by atoms with van der Waals surface area (Å²) in [5.41, 5.74) is 5.50. The SMILES string of the molecule is Cn1cc(C(N)=O)c(-c2ccc([N+](=O)[O-])o2)n1. The molecule has 0 fully saturated rings. The Balaban J connectivity index is 2.52. The van der Waals surface area contributed by atoms with Crippen molar-refractivity contribution in [3.63, 3.8) is 0 Å². The molecule has 2 aromatic rings. The summed E-state index contributed by atoms with van der Waals surface area (Å²) < 4.78 is 6.33. The molecule has 0 bridgehead atoms. The summed E-state index contributed by atoms with van der Waals surface area (Å²) in [6, 6.07) is 2.56. The third kappa shape index (κ3) is 1.87. The quantitative estimate of drug-likeness (QED) is 0.621. The number of rotatable bonds is 3. The maximum Gasteiger partial charge on any atom is 0.433 e. The molecule has 1 amide bonds. The van der Waals surface area contributed by atoms with Crippen molar-refractivity contribution in [3.05, 3.63) is 34.0 Å². The molecule has 8 heteroatoms. The second-order valence-electron chi connectivity index (χ2n) is 3.32. The summed E-state index contributed by atoms with van der Waals surface area (Å²) in [6.07, 6.45) is 1.42. The fourth-order valence-electron chi connectivity index (χ4n) is 1.40. The van der Waals surface area contributed by atoms with E-state index in [4.69, 9.17) is 10.2 Å². The van der Waals surface area contributed by atoms with E-state index < -0.39 is 16.7 Å². The van der Waals surface area contributed by atoms with E-state index in [9.17, 15) is 14.9 Å². The van der Waals surface area contributed by atoms with Gasteiger partial charge in [-0.1, -0.05) is 0 Å². The van der Waals surface area contributed by atoms with Gasteiger partial charge in [-0.15, -0.1) is 0 Å². The molecule has 0 aliphatic heterocycles. The zero-order valence-corrected chi connectivity index (χ0v) is 8.78. The number of hydrogen-bond acceptors (Lipinski definition) is 5. The Labute approximate surface area is 94.8 Å². The lowest BCUT2D eigenvalue weighted by Crippen LogP contribution is -2.10. The monoisotopic (exact) mass is 236 g/mol. The number of hydrogen-bond donors (Lipinski definition) is 1. The Hall–Kier alpha value is -2.64. The number of carbonyl (C=O) groups excluding carboxylic acids is 1. The maximum absolute atomic E-state index is 11.1. The van der Waals surface area contributed by atoms with Crippen LogP contribution in [0, 0.1) is 10.1 Å². The molecule has 0 saturated heterocycles. The minimum Gasteiger partial charge on any atom is -0.399 e. The number of aromatic nitrogens is 2. The van der Waals surface area contributed by atoms with Crippen LogP contribution in [0.1, 0.15) is 10.4 Å². The molecule has 0 atom stereocenters. The van der Waals surface area contributed by atoms with Crippen LogP contribution in [0.4, 0.5) is 5.88 Å². The smallest absolute Gasteiger partial charge is 0.399 e. The first-order valence-electron chi connectivity index (χ1n) is 4.57. The van der Waals surface area contributed by atoms with Crippen LogP contribution >= 0.6 is 0 Å². The summed E-state index contributed by atoms with van der Waals surface area (Å²) in [4.78, 5) is 20.9. The average molecular weight is 236 g/mol. The van der Waals surface area contributed by atoms with Crippen LogP contribution in [0.3, 0.4) is 0 Å². The van der Waals surface area contributed by atoms with Gasteiger partial charge < -0.3 is 10.2 Å². The Kier molecular flexibility index (Phi) is 2.39. The van der Waals surface area contributed by atoms with Crippen molar-refractivity contribution in [3.8, 4) is 11.5 Å². The Morgan fingerprint density at radius 1 is 1.59 bits per heavy atom. The van der Waals surface area contributed by atoms with Gasteiger partial charge in [0.2, 0.25) is 0 Å². The molecule has 0 saturated carbocycles. The highest BCUT2D eigenvalue weighted by molar-refractivity contribution is 5.98. The summed E-state index contributed by atoms with van der Waals surface area (Å²) in [7, 11) is 1.60. The maximum atomic E-state index is 11.1. The van der Waals surface area contributed by atoms with E-state index in [1.54, 1.807) is 7.05 Å². The first-order chi connectivity index (χ1) is 7.99. The zero-order valence-electron chi connectivity index (χ0n) is 8.78. The van der Waals surface area contributed by atoms with Crippen molar-refractivity contribution in [1.29, 1.82) is 0 Å². The lowest BCUT2D eigenvalue weighted by molar-refractivity contribution is -0.401.